The largest absolute Gasteiger partial charge is 0.481 e. The number of carbonyl (C=O) groups is 2. The van der Waals surface area contributed by atoms with Crippen LogP contribution in [0.5, 0.6) is 0 Å². The molecule has 1 unspecified atom stereocenters. The van der Waals surface area contributed by atoms with Gasteiger partial charge in [-0.1, -0.05) is 51.2 Å². The van der Waals surface area contributed by atoms with E-state index >= 15 is 0 Å². The molecule has 6 nitrogen and oxygen atoms in total. The number of hydrogen-bond donors (Lipinski definition) is 4. The SMILES string of the molecule is CCCCC(O)(C=O)CC=C[C@@H]1[C@@H](CCCCCCC(=O)O)[C@H](O)C[C@H]1O. The highest BCUT2D eigenvalue weighted by Gasteiger charge is 2.39. The number of unbranched alkanes of at least 4 members (excludes halogenated alkanes) is 4. The number of carboxylic acids is 1. The van der Waals surface area contributed by atoms with E-state index < -0.39 is 23.8 Å². The number of aliphatic carboxylic acids is 1. The highest BCUT2D eigenvalue weighted by Crippen LogP contribution is 2.37. The summed E-state index contributed by atoms with van der Waals surface area (Å²) in [5.74, 6) is -0.999. The summed E-state index contributed by atoms with van der Waals surface area (Å²) in [6.45, 7) is 2.00. The number of rotatable bonds is 14. The Kier molecular flexibility index (Phi) is 10.8. The monoisotopic (exact) mass is 384 g/mol. The molecule has 0 aliphatic heterocycles. The van der Waals surface area contributed by atoms with Crippen LogP contribution < -0.4 is 0 Å². The quantitative estimate of drug-likeness (QED) is 0.208. The second-order valence-corrected chi connectivity index (χ2v) is 7.92. The second kappa shape index (κ2) is 12.3. The molecular formula is C21H36O6. The minimum atomic E-state index is -1.35. The standard InChI is InChI=1S/C21H36O6/c1-2-3-12-21(27,15-22)13-8-10-17-16(18(23)14-19(17)24)9-6-4-5-7-11-20(25)26/h8,10,15-19,23-24,27H,2-7,9,11-14H2,1H3,(H,25,26)/t16-,17-,18-,19-,21?/m1/s1. The van der Waals surface area contributed by atoms with Gasteiger partial charge in [0.25, 0.3) is 0 Å². The van der Waals surface area contributed by atoms with Gasteiger partial charge in [-0.3, -0.25) is 4.79 Å². The first kappa shape index (κ1) is 23.8. The number of aliphatic hydroxyl groups excluding tert-OH is 2. The smallest absolute Gasteiger partial charge is 0.303 e. The minimum absolute atomic E-state index is 0.0457. The van der Waals surface area contributed by atoms with Crippen LogP contribution in [0.25, 0.3) is 0 Å². The molecule has 1 aliphatic carbocycles. The van der Waals surface area contributed by atoms with E-state index in [0.717, 1.165) is 38.5 Å². The van der Waals surface area contributed by atoms with Crippen molar-refractivity contribution in [2.45, 2.75) is 95.4 Å². The predicted octanol–water partition coefficient (Wildman–Crippen LogP) is 2.84. The summed E-state index contributed by atoms with van der Waals surface area (Å²) in [7, 11) is 0. The molecule has 27 heavy (non-hydrogen) atoms. The van der Waals surface area contributed by atoms with Crippen LogP contribution >= 0.6 is 0 Å². The lowest BCUT2D eigenvalue weighted by Gasteiger charge is -2.22. The summed E-state index contributed by atoms with van der Waals surface area (Å²) in [5.41, 5.74) is -1.35. The number of aliphatic hydroxyl groups is 3. The van der Waals surface area contributed by atoms with Gasteiger partial charge in [0.1, 0.15) is 5.60 Å². The van der Waals surface area contributed by atoms with E-state index in [4.69, 9.17) is 5.11 Å². The lowest BCUT2D eigenvalue weighted by atomic mass is 9.87. The molecule has 0 saturated heterocycles. The van der Waals surface area contributed by atoms with Gasteiger partial charge in [-0.2, -0.15) is 0 Å². The summed E-state index contributed by atoms with van der Waals surface area (Å²) in [4.78, 5) is 21.7. The van der Waals surface area contributed by atoms with E-state index in [9.17, 15) is 24.9 Å². The molecule has 0 aromatic rings. The van der Waals surface area contributed by atoms with Gasteiger partial charge in [0.2, 0.25) is 0 Å². The van der Waals surface area contributed by atoms with Crippen molar-refractivity contribution in [3.05, 3.63) is 12.2 Å². The first-order chi connectivity index (χ1) is 12.8. The third kappa shape index (κ3) is 8.54. The van der Waals surface area contributed by atoms with E-state index in [1.54, 1.807) is 6.08 Å². The zero-order valence-electron chi connectivity index (χ0n) is 16.4. The Bertz CT molecular complexity index is 477. The molecule has 4 N–H and O–H groups in total. The Morgan fingerprint density at radius 3 is 2.44 bits per heavy atom. The van der Waals surface area contributed by atoms with Crippen molar-refractivity contribution in [1.29, 1.82) is 0 Å². The lowest BCUT2D eigenvalue weighted by Crippen LogP contribution is -2.29. The summed E-state index contributed by atoms with van der Waals surface area (Å²) in [6, 6.07) is 0. The normalized spacial score (nSPS) is 27.7. The van der Waals surface area contributed by atoms with Crippen LogP contribution in [0.15, 0.2) is 12.2 Å². The highest BCUT2D eigenvalue weighted by molar-refractivity contribution is 5.66. The zero-order chi connectivity index (χ0) is 20.3. The first-order valence-corrected chi connectivity index (χ1v) is 10.3. The van der Waals surface area contributed by atoms with E-state index in [0.29, 0.717) is 25.5 Å². The molecule has 1 saturated carbocycles. The third-order valence-electron chi connectivity index (χ3n) is 5.61. The van der Waals surface area contributed by atoms with Crippen molar-refractivity contribution < 1.29 is 30.0 Å². The van der Waals surface area contributed by atoms with Gasteiger partial charge in [0.15, 0.2) is 6.29 Å². The molecule has 0 radical (unpaired) electrons. The number of aldehydes is 1. The fraction of sp³-hybridized carbons (Fsp3) is 0.810. The van der Waals surface area contributed by atoms with Gasteiger partial charge in [-0.05, 0) is 25.2 Å². The fourth-order valence-electron chi connectivity index (χ4n) is 3.91. The van der Waals surface area contributed by atoms with Crippen LogP contribution in [0.4, 0.5) is 0 Å². The Labute approximate surface area is 162 Å². The van der Waals surface area contributed by atoms with Gasteiger partial charge < -0.3 is 25.2 Å². The fourth-order valence-corrected chi connectivity index (χ4v) is 3.91. The summed E-state index contributed by atoms with van der Waals surface area (Å²) >= 11 is 0. The molecule has 0 aromatic heterocycles. The Morgan fingerprint density at radius 2 is 1.81 bits per heavy atom. The van der Waals surface area contributed by atoms with E-state index in [-0.39, 0.29) is 24.7 Å². The van der Waals surface area contributed by atoms with Crippen LogP contribution in [0, 0.1) is 11.8 Å². The molecule has 1 fully saturated rings. The Morgan fingerprint density at radius 1 is 1.11 bits per heavy atom. The molecule has 0 bridgehead atoms. The van der Waals surface area contributed by atoms with Gasteiger partial charge in [-0.25, -0.2) is 0 Å². The topological polar surface area (TPSA) is 115 Å². The molecule has 0 heterocycles. The molecule has 5 atom stereocenters. The number of carboxylic acid groups (broad SMARTS) is 1. The van der Waals surface area contributed by atoms with E-state index in [2.05, 4.69) is 0 Å². The Balaban J connectivity index is 2.50. The van der Waals surface area contributed by atoms with Crippen LogP contribution in [-0.2, 0) is 9.59 Å². The summed E-state index contributed by atoms with van der Waals surface area (Å²) in [5, 5.41) is 39.4. The molecule has 0 amide bonds. The molecule has 6 heteroatoms. The molecular weight excluding hydrogens is 348 g/mol. The maximum Gasteiger partial charge on any atom is 0.303 e. The highest BCUT2D eigenvalue weighted by atomic mass is 16.4. The van der Waals surface area contributed by atoms with Gasteiger partial charge in [0.05, 0.1) is 12.2 Å². The van der Waals surface area contributed by atoms with Crippen LogP contribution in [0.2, 0.25) is 0 Å². The van der Waals surface area contributed by atoms with Gasteiger partial charge >= 0.3 is 5.97 Å². The predicted molar refractivity (Wildman–Crippen MR) is 103 cm³/mol. The van der Waals surface area contributed by atoms with E-state index in [1.165, 1.54) is 0 Å². The van der Waals surface area contributed by atoms with Crippen molar-refractivity contribution in [2.24, 2.45) is 11.8 Å². The van der Waals surface area contributed by atoms with Gasteiger partial charge in [-0.15, -0.1) is 0 Å². The van der Waals surface area contributed by atoms with Crippen LogP contribution in [0.1, 0.15) is 77.6 Å². The van der Waals surface area contributed by atoms with Gasteiger partial charge in [0, 0.05) is 25.2 Å². The Hall–Kier alpha value is -1.24. The van der Waals surface area contributed by atoms with Crippen molar-refractivity contribution in [3.63, 3.8) is 0 Å². The maximum atomic E-state index is 11.2. The average molecular weight is 385 g/mol. The number of hydrogen-bond acceptors (Lipinski definition) is 5. The average Bonchev–Trinajstić information content (AvgIpc) is 2.89. The summed E-state index contributed by atoms with van der Waals surface area (Å²) < 4.78 is 0. The van der Waals surface area contributed by atoms with Crippen molar-refractivity contribution in [2.75, 3.05) is 0 Å². The van der Waals surface area contributed by atoms with Crippen LogP contribution in [0.3, 0.4) is 0 Å². The second-order valence-electron chi connectivity index (χ2n) is 7.92. The molecule has 1 aliphatic rings. The molecule has 1 rings (SSSR count). The lowest BCUT2D eigenvalue weighted by molar-refractivity contribution is -0.137. The minimum Gasteiger partial charge on any atom is -0.481 e. The molecule has 156 valence electrons. The van der Waals surface area contributed by atoms with Crippen LogP contribution in [-0.4, -0.2) is 50.5 Å². The first-order valence-electron chi connectivity index (χ1n) is 10.3. The number of carbonyl (C=O) groups excluding carboxylic acids is 1. The van der Waals surface area contributed by atoms with Crippen molar-refractivity contribution in [3.8, 4) is 0 Å². The van der Waals surface area contributed by atoms with E-state index in [1.807, 2.05) is 13.0 Å². The third-order valence-corrected chi connectivity index (χ3v) is 5.61. The van der Waals surface area contributed by atoms with Crippen molar-refractivity contribution in [1.82, 2.24) is 0 Å². The zero-order valence-corrected chi connectivity index (χ0v) is 16.4. The maximum absolute atomic E-state index is 11.2. The van der Waals surface area contributed by atoms with Crippen molar-refractivity contribution >= 4 is 12.3 Å². The summed E-state index contributed by atoms with van der Waals surface area (Å²) in [6.07, 6.45) is 9.95. The molecule has 0 spiro atoms. The molecule has 0 aromatic carbocycles.